The first-order valence-corrected chi connectivity index (χ1v) is 9.88. The predicted octanol–water partition coefficient (Wildman–Crippen LogP) is 0.754. The standard InChI is InChI=1S/C18H35N7O/c1-4-17-23-22-15-25(17)10-8-21-18(19-6-5-16(2)3)20-7-9-24-11-13-26-14-12-24/h15-16H,4-14H2,1-3H3,(H2,19,20,21). The maximum atomic E-state index is 5.40. The Hall–Kier alpha value is -1.67. The second-order valence-electron chi connectivity index (χ2n) is 7.01. The lowest BCUT2D eigenvalue weighted by Crippen LogP contribution is -2.45. The van der Waals surface area contributed by atoms with Crippen LogP contribution in [0, 0.1) is 5.92 Å². The van der Waals surface area contributed by atoms with E-state index >= 15 is 0 Å². The quantitative estimate of drug-likeness (QED) is 0.471. The van der Waals surface area contributed by atoms with Gasteiger partial charge in [0, 0.05) is 52.2 Å². The number of hydrogen-bond donors (Lipinski definition) is 2. The summed E-state index contributed by atoms with van der Waals surface area (Å²) in [5.41, 5.74) is 0. The van der Waals surface area contributed by atoms with Crippen LogP contribution in [0.25, 0.3) is 0 Å². The average molecular weight is 366 g/mol. The number of nitrogens with zero attached hydrogens (tertiary/aromatic N) is 5. The Bertz CT molecular complexity index is 523. The molecule has 0 aromatic carbocycles. The van der Waals surface area contributed by atoms with Gasteiger partial charge in [-0.1, -0.05) is 20.8 Å². The molecule has 1 aromatic heterocycles. The molecule has 1 aliphatic rings. The Morgan fingerprint density at radius 2 is 1.96 bits per heavy atom. The molecule has 2 heterocycles. The number of guanidine groups is 1. The summed E-state index contributed by atoms with van der Waals surface area (Å²) in [4.78, 5) is 7.14. The third kappa shape index (κ3) is 7.70. The first kappa shape index (κ1) is 20.6. The van der Waals surface area contributed by atoms with E-state index in [0.717, 1.165) is 83.7 Å². The lowest BCUT2D eigenvalue weighted by Gasteiger charge is -2.26. The second kappa shape index (κ2) is 11.9. The summed E-state index contributed by atoms with van der Waals surface area (Å²) in [5, 5.41) is 15.0. The molecular weight excluding hydrogens is 330 g/mol. The topological polar surface area (TPSA) is 79.6 Å². The van der Waals surface area contributed by atoms with Gasteiger partial charge in [0.25, 0.3) is 0 Å². The molecule has 0 atom stereocenters. The number of rotatable bonds is 10. The van der Waals surface area contributed by atoms with Crippen molar-refractivity contribution in [2.75, 3.05) is 52.5 Å². The molecule has 0 saturated carbocycles. The van der Waals surface area contributed by atoms with Crippen LogP contribution in [0.15, 0.2) is 11.3 Å². The number of morpholine rings is 1. The van der Waals surface area contributed by atoms with Gasteiger partial charge in [-0.15, -0.1) is 10.2 Å². The van der Waals surface area contributed by atoms with E-state index in [4.69, 9.17) is 9.73 Å². The van der Waals surface area contributed by atoms with Crippen LogP contribution in [-0.2, 0) is 17.7 Å². The Morgan fingerprint density at radius 3 is 2.65 bits per heavy atom. The zero-order valence-corrected chi connectivity index (χ0v) is 16.6. The van der Waals surface area contributed by atoms with Gasteiger partial charge in [0.1, 0.15) is 12.2 Å². The molecule has 8 heteroatoms. The van der Waals surface area contributed by atoms with Gasteiger partial charge < -0.3 is 19.9 Å². The van der Waals surface area contributed by atoms with Crippen LogP contribution in [0.1, 0.15) is 33.0 Å². The van der Waals surface area contributed by atoms with Crippen LogP contribution in [0.3, 0.4) is 0 Å². The summed E-state index contributed by atoms with van der Waals surface area (Å²) < 4.78 is 7.49. The fraction of sp³-hybridized carbons (Fsp3) is 0.833. The van der Waals surface area contributed by atoms with E-state index in [0.29, 0.717) is 5.92 Å². The van der Waals surface area contributed by atoms with Crippen molar-refractivity contribution in [1.29, 1.82) is 0 Å². The van der Waals surface area contributed by atoms with E-state index in [1.54, 1.807) is 6.33 Å². The Balaban J connectivity index is 1.76. The number of aryl methyl sites for hydroxylation is 1. The summed E-state index contributed by atoms with van der Waals surface area (Å²) in [6.07, 6.45) is 3.79. The first-order valence-electron chi connectivity index (χ1n) is 9.88. The normalized spacial score (nSPS) is 16.2. The van der Waals surface area contributed by atoms with E-state index < -0.39 is 0 Å². The second-order valence-corrected chi connectivity index (χ2v) is 7.01. The van der Waals surface area contributed by atoms with Crippen LogP contribution in [0.4, 0.5) is 0 Å². The summed E-state index contributed by atoms with van der Waals surface area (Å²) in [6.45, 7) is 14.7. The van der Waals surface area contributed by atoms with Crippen LogP contribution in [0.2, 0.25) is 0 Å². The summed E-state index contributed by atoms with van der Waals surface area (Å²) in [6, 6.07) is 0. The minimum Gasteiger partial charge on any atom is -0.379 e. The van der Waals surface area contributed by atoms with Crippen molar-refractivity contribution in [3.8, 4) is 0 Å². The molecule has 0 aliphatic carbocycles. The van der Waals surface area contributed by atoms with Gasteiger partial charge in [0.15, 0.2) is 5.96 Å². The first-order chi connectivity index (χ1) is 12.7. The van der Waals surface area contributed by atoms with Gasteiger partial charge in [0.2, 0.25) is 0 Å². The molecule has 2 N–H and O–H groups in total. The number of hydrogen-bond acceptors (Lipinski definition) is 5. The van der Waals surface area contributed by atoms with Gasteiger partial charge in [-0.2, -0.15) is 0 Å². The van der Waals surface area contributed by atoms with E-state index in [1.165, 1.54) is 0 Å². The minimum absolute atomic E-state index is 0.664. The number of aliphatic imine (C=N–C) groups is 1. The molecule has 0 amide bonds. The van der Waals surface area contributed by atoms with Crippen molar-refractivity contribution in [3.63, 3.8) is 0 Å². The van der Waals surface area contributed by atoms with Crippen molar-refractivity contribution < 1.29 is 4.74 Å². The van der Waals surface area contributed by atoms with Crippen LogP contribution >= 0.6 is 0 Å². The molecule has 0 spiro atoms. The molecule has 148 valence electrons. The van der Waals surface area contributed by atoms with Gasteiger partial charge in [-0.3, -0.25) is 9.89 Å². The molecular formula is C18H35N7O. The van der Waals surface area contributed by atoms with Crippen LogP contribution in [-0.4, -0.2) is 78.1 Å². The largest absolute Gasteiger partial charge is 0.379 e. The third-order valence-corrected chi connectivity index (χ3v) is 4.46. The predicted molar refractivity (Wildman–Crippen MR) is 104 cm³/mol. The summed E-state index contributed by atoms with van der Waals surface area (Å²) >= 11 is 0. The fourth-order valence-corrected chi connectivity index (χ4v) is 2.80. The average Bonchev–Trinajstić information content (AvgIpc) is 3.09. The molecule has 2 rings (SSSR count). The van der Waals surface area contributed by atoms with Crippen molar-refractivity contribution in [2.24, 2.45) is 10.9 Å². The van der Waals surface area contributed by atoms with Crippen LogP contribution in [0.5, 0.6) is 0 Å². The monoisotopic (exact) mass is 365 g/mol. The molecule has 1 aromatic rings. The third-order valence-electron chi connectivity index (χ3n) is 4.46. The highest BCUT2D eigenvalue weighted by Crippen LogP contribution is 1.99. The van der Waals surface area contributed by atoms with E-state index in [-0.39, 0.29) is 0 Å². The molecule has 0 unspecified atom stereocenters. The maximum absolute atomic E-state index is 5.40. The lowest BCUT2D eigenvalue weighted by atomic mass is 10.1. The molecule has 26 heavy (non-hydrogen) atoms. The van der Waals surface area contributed by atoms with Gasteiger partial charge >= 0.3 is 0 Å². The Kier molecular flexibility index (Phi) is 9.41. The number of ether oxygens (including phenoxy) is 1. The van der Waals surface area contributed by atoms with Crippen molar-refractivity contribution in [2.45, 2.75) is 40.2 Å². The van der Waals surface area contributed by atoms with Crippen molar-refractivity contribution >= 4 is 5.96 Å². The molecule has 8 nitrogen and oxygen atoms in total. The molecule has 1 fully saturated rings. The minimum atomic E-state index is 0.664. The Morgan fingerprint density at radius 1 is 1.23 bits per heavy atom. The van der Waals surface area contributed by atoms with Gasteiger partial charge in [0.05, 0.1) is 13.2 Å². The summed E-state index contributed by atoms with van der Waals surface area (Å²) in [7, 11) is 0. The smallest absolute Gasteiger partial charge is 0.191 e. The van der Waals surface area contributed by atoms with E-state index in [9.17, 15) is 0 Å². The highest BCUT2D eigenvalue weighted by atomic mass is 16.5. The maximum Gasteiger partial charge on any atom is 0.191 e. The number of nitrogens with one attached hydrogen (secondary N) is 2. The van der Waals surface area contributed by atoms with Crippen LogP contribution < -0.4 is 10.6 Å². The molecule has 1 aliphatic heterocycles. The Labute approximate surface area is 157 Å². The highest BCUT2D eigenvalue weighted by molar-refractivity contribution is 5.79. The van der Waals surface area contributed by atoms with Crippen molar-refractivity contribution in [1.82, 2.24) is 30.3 Å². The highest BCUT2D eigenvalue weighted by Gasteiger charge is 2.10. The lowest BCUT2D eigenvalue weighted by molar-refractivity contribution is 0.0389. The van der Waals surface area contributed by atoms with Gasteiger partial charge in [-0.05, 0) is 12.3 Å². The van der Waals surface area contributed by atoms with E-state index in [1.807, 2.05) is 0 Å². The molecule has 0 radical (unpaired) electrons. The van der Waals surface area contributed by atoms with Crippen molar-refractivity contribution in [3.05, 3.63) is 12.2 Å². The van der Waals surface area contributed by atoms with E-state index in [2.05, 4.69) is 51.1 Å². The SMILES string of the molecule is CCc1nncn1CCNC(=NCCC(C)C)NCCN1CCOCC1. The zero-order chi connectivity index (χ0) is 18.6. The zero-order valence-electron chi connectivity index (χ0n) is 16.6. The van der Waals surface area contributed by atoms with Gasteiger partial charge in [-0.25, -0.2) is 0 Å². The molecule has 0 bridgehead atoms. The number of aromatic nitrogens is 3. The summed E-state index contributed by atoms with van der Waals surface area (Å²) in [5.74, 6) is 2.58. The fourth-order valence-electron chi connectivity index (χ4n) is 2.80. The molecule has 1 saturated heterocycles.